The predicted molar refractivity (Wildman–Crippen MR) is 83.6 cm³/mol. The van der Waals surface area contributed by atoms with Gasteiger partial charge in [-0.25, -0.2) is 13.8 Å². The highest BCUT2D eigenvalue weighted by Crippen LogP contribution is 2.37. The van der Waals surface area contributed by atoms with E-state index in [-0.39, 0.29) is 34.7 Å². The second-order valence-electron chi connectivity index (χ2n) is 5.76. The average molecular weight is 380 g/mol. The van der Waals surface area contributed by atoms with Crippen molar-refractivity contribution in [3.63, 3.8) is 0 Å². The summed E-state index contributed by atoms with van der Waals surface area (Å²) in [6, 6.07) is 2.79. The first-order valence-electron chi connectivity index (χ1n) is 7.51. The number of halogens is 5. The number of alkyl halides is 3. The Labute approximate surface area is 145 Å². The van der Waals surface area contributed by atoms with E-state index in [1.807, 2.05) is 0 Å². The van der Waals surface area contributed by atoms with Crippen molar-refractivity contribution in [1.29, 1.82) is 0 Å². The lowest BCUT2D eigenvalue weighted by molar-refractivity contribution is -0.142. The summed E-state index contributed by atoms with van der Waals surface area (Å²) in [5, 5.41) is 9.27. The lowest BCUT2D eigenvalue weighted by Crippen LogP contribution is -2.20. The number of aliphatic hydroxyl groups excluding tert-OH is 1. The monoisotopic (exact) mass is 380 g/mol. The van der Waals surface area contributed by atoms with Crippen molar-refractivity contribution in [2.24, 2.45) is 0 Å². The number of benzene rings is 1. The minimum absolute atomic E-state index is 0.0477. The third-order valence-electron chi connectivity index (χ3n) is 3.30. The van der Waals surface area contributed by atoms with E-state index in [4.69, 9.17) is 5.11 Å². The first-order valence-corrected chi connectivity index (χ1v) is 8.33. The lowest BCUT2D eigenvalue weighted by Gasteiger charge is -2.15. The zero-order valence-corrected chi connectivity index (χ0v) is 14.4. The van der Waals surface area contributed by atoms with Crippen LogP contribution < -0.4 is 0 Å². The van der Waals surface area contributed by atoms with Crippen LogP contribution in [0.25, 0.3) is 0 Å². The summed E-state index contributed by atoms with van der Waals surface area (Å²) < 4.78 is 66.7. The molecule has 0 aliphatic rings. The maximum Gasteiger partial charge on any atom is 0.406 e. The number of hydrogen-bond donors (Lipinski definition) is 1. The van der Waals surface area contributed by atoms with Crippen molar-refractivity contribution in [2.45, 2.75) is 48.8 Å². The quantitative estimate of drug-likeness (QED) is 0.748. The van der Waals surface area contributed by atoms with Crippen molar-refractivity contribution in [3.8, 4) is 0 Å². The fraction of sp³-hybridized carbons (Fsp3) is 0.438. The maximum atomic E-state index is 13.4. The molecule has 25 heavy (non-hydrogen) atoms. The van der Waals surface area contributed by atoms with Gasteiger partial charge in [0.1, 0.15) is 29.0 Å². The molecule has 0 aliphatic heterocycles. The Bertz CT molecular complexity index is 723. The van der Waals surface area contributed by atoms with Gasteiger partial charge in [-0.05, 0) is 18.1 Å². The molecule has 3 nitrogen and oxygen atoms in total. The van der Waals surface area contributed by atoms with E-state index in [0.717, 1.165) is 28.5 Å². The molecule has 1 aromatic heterocycles. The molecule has 138 valence electrons. The summed E-state index contributed by atoms with van der Waals surface area (Å²) in [6.07, 6.45) is -4.55. The summed E-state index contributed by atoms with van der Waals surface area (Å²) in [6.45, 7) is 1.88. The van der Waals surface area contributed by atoms with Gasteiger partial charge in [-0.15, -0.1) is 0 Å². The second-order valence-corrected chi connectivity index (χ2v) is 6.82. The van der Waals surface area contributed by atoms with Crippen LogP contribution in [0.3, 0.4) is 0 Å². The Morgan fingerprint density at radius 2 is 1.76 bits per heavy atom. The summed E-state index contributed by atoms with van der Waals surface area (Å²) in [5.74, 6) is -1.74. The van der Waals surface area contributed by atoms with E-state index in [1.165, 1.54) is 0 Å². The Morgan fingerprint density at radius 3 is 2.24 bits per heavy atom. The van der Waals surface area contributed by atoms with E-state index < -0.39 is 24.4 Å². The smallest absolute Gasteiger partial charge is 0.396 e. The molecule has 1 N–H and O–H groups in total. The van der Waals surface area contributed by atoms with Crippen molar-refractivity contribution >= 4 is 11.8 Å². The number of rotatable bonds is 6. The molecular formula is C16H17F5N2OS. The third kappa shape index (κ3) is 5.18. The summed E-state index contributed by atoms with van der Waals surface area (Å²) in [4.78, 5) is 4.36. The van der Waals surface area contributed by atoms with Gasteiger partial charge in [0.15, 0.2) is 0 Å². The highest BCUT2D eigenvalue weighted by Gasteiger charge is 2.32. The molecule has 9 heteroatoms. The van der Waals surface area contributed by atoms with Crippen molar-refractivity contribution < 1.29 is 27.1 Å². The third-order valence-corrected chi connectivity index (χ3v) is 4.39. The van der Waals surface area contributed by atoms with Crippen molar-refractivity contribution in [2.75, 3.05) is 6.61 Å². The minimum atomic E-state index is -4.50. The molecule has 0 aliphatic carbocycles. The fourth-order valence-corrected chi connectivity index (χ4v) is 3.55. The van der Waals surface area contributed by atoms with Gasteiger partial charge in [0.2, 0.25) is 0 Å². The van der Waals surface area contributed by atoms with Gasteiger partial charge in [-0.3, -0.25) is 0 Å². The van der Waals surface area contributed by atoms with Crippen LogP contribution in [0.5, 0.6) is 0 Å². The largest absolute Gasteiger partial charge is 0.406 e. The van der Waals surface area contributed by atoms with Crippen molar-refractivity contribution in [3.05, 3.63) is 41.4 Å². The summed E-state index contributed by atoms with van der Waals surface area (Å²) >= 11 is 0.824. The predicted octanol–water partition coefficient (Wildman–Crippen LogP) is 4.53. The highest BCUT2D eigenvalue weighted by molar-refractivity contribution is 7.99. The van der Waals surface area contributed by atoms with E-state index in [0.29, 0.717) is 11.8 Å². The molecule has 0 unspecified atom stereocenters. The molecule has 0 bridgehead atoms. The topological polar surface area (TPSA) is 38.1 Å². The molecule has 0 radical (unpaired) electrons. The Kier molecular flexibility index (Phi) is 6.10. The Hall–Kier alpha value is -1.61. The molecule has 1 aromatic carbocycles. The summed E-state index contributed by atoms with van der Waals surface area (Å²) in [5.41, 5.74) is 0.391. The van der Waals surface area contributed by atoms with Crippen LogP contribution in [0.15, 0.2) is 28.1 Å². The van der Waals surface area contributed by atoms with Crippen molar-refractivity contribution in [1.82, 2.24) is 9.55 Å². The van der Waals surface area contributed by atoms with E-state index in [1.54, 1.807) is 13.8 Å². The average Bonchev–Trinajstić information content (AvgIpc) is 2.75. The molecule has 0 amide bonds. The first kappa shape index (κ1) is 19.7. The number of hydrogen-bond acceptors (Lipinski definition) is 3. The highest BCUT2D eigenvalue weighted by atomic mass is 32.2. The number of nitrogens with zero attached hydrogens (tertiary/aromatic N) is 2. The molecule has 1 heterocycles. The first-order chi connectivity index (χ1) is 11.6. The SMILES string of the molecule is CC(C)c1nc(CCO)n(CC(F)(F)F)c1Sc1cc(F)cc(F)c1. The van der Waals surface area contributed by atoms with Gasteiger partial charge in [-0.2, -0.15) is 13.2 Å². The molecule has 0 saturated heterocycles. The van der Waals surface area contributed by atoms with Gasteiger partial charge in [0.05, 0.1) is 12.3 Å². The van der Waals surface area contributed by atoms with Gasteiger partial charge in [0.25, 0.3) is 0 Å². The Balaban J connectivity index is 2.55. The van der Waals surface area contributed by atoms with Crippen LogP contribution in [-0.4, -0.2) is 27.4 Å². The number of aliphatic hydroxyl groups is 1. The van der Waals surface area contributed by atoms with E-state index in [2.05, 4.69) is 4.98 Å². The van der Waals surface area contributed by atoms with Crippen LogP contribution >= 0.6 is 11.8 Å². The molecule has 2 rings (SSSR count). The molecule has 2 aromatic rings. The van der Waals surface area contributed by atoms with Crippen LogP contribution in [0.1, 0.15) is 31.3 Å². The van der Waals surface area contributed by atoms with Crippen LogP contribution in [-0.2, 0) is 13.0 Å². The lowest BCUT2D eigenvalue weighted by atomic mass is 10.1. The van der Waals surface area contributed by atoms with E-state index >= 15 is 0 Å². The van der Waals surface area contributed by atoms with Gasteiger partial charge in [-0.1, -0.05) is 25.6 Å². The molecular weight excluding hydrogens is 363 g/mol. The second kappa shape index (κ2) is 7.74. The summed E-state index contributed by atoms with van der Waals surface area (Å²) in [7, 11) is 0. The molecule has 0 fully saturated rings. The van der Waals surface area contributed by atoms with Crippen LogP contribution in [0.2, 0.25) is 0 Å². The van der Waals surface area contributed by atoms with Gasteiger partial charge in [0, 0.05) is 17.4 Å². The van der Waals surface area contributed by atoms with Gasteiger partial charge >= 0.3 is 6.18 Å². The number of imidazole rings is 1. The van der Waals surface area contributed by atoms with Gasteiger partial charge < -0.3 is 9.67 Å². The van der Waals surface area contributed by atoms with Crippen LogP contribution in [0.4, 0.5) is 22.0 Å². The van der Waals surface area contributed by atoms with Crippen LogP contribution in [0, 0.1) is 11.6 Å². The normalized spacial score (nSPS) is 12.2. The van der Waals surface area contributed by atoms with E-state index in [9.17, 15) is 22.0 Å². The zero-order chi connectivity index (χ0) is 18.8. The molecule has 0 saturated carbocycles. The molecule has 0 atom stereocenters. The zero-order valence-electron chi connectivity index (χ0n) is 13.6. The standard InChI is InChI=1S/C16H17F5N2OS/c1-9(2)14-15(25-12-6-10(17)5-11(18)7-12)23(8-16(19,20)21)13(22-14)3-4-24/h5-7,9,24H,3-4,8H2,1-2H3. The number of aromatic nitrogens is 2. The fourth-order valence-electron chi connectivity index (χ4n) is 2.32. The molecule has 0 spiro atoms. The Morgan fingerprint density at radius 1 is 1.16 bits per heavy atom. The minimum Gasteiger partial charge on any atom is -0.396 e. The maximum absolute atomic E-state index is 13.4.